The lowest BCUT2D eigenvalue weighted by molar-refractivity contribution is -0.113. The molecule has 0 aromatic heterocycles. The Labute approximate surface area is 108 Å². The van der Waals surface area contributed by atoms with Gasteiger partial charge < -0.3 is 0 Å². The zero-order valence-electron chi connectivity index (χ0n) is 12.0. The Hall–Kier alpha value is -0.776. The molecule has 0 aliphatic heterocycles. The van der Waals surface area contributed by atoms with E-state index in [1.54, 1.807) is 0 Å². The third-order valence-corrected chi connectivity index (χ3v) is 3.55. The smallest absolute Gasteiger partial charge is 0.204 e. The molecule has 0 aromatic carbocycles. The van der Waals surface area contributed by atoms with Crippen LogP contribution < -0.4 is 0 Å². The quantitative estimate of drug-likeness (QED) is 0.433. The van der Waals surface area contributed by atoms with Gasteiger partial charge in [0.05, 0.1) is 0 Å². The highest BCUT2D eigenvalue weighted by atomic mass is 28.3. The van der Waals surface area contributed by atoms with E-state index in [0.717, 1.165) is 12.8 Å². The average molecular weight is 265 g/mol. The molecule has 0 bridgehead atoms. The van der Waals surface area contributed by atoms with Gasteiger partial charge in [0.1, 0.15) is 16.1 Å². The Morgan fingerprint density at radius 1 is 0.941 bits per heavy atom. The number of hydrogen-bond donors (Lipinski definition) is 0. The monoisotopic (exact) mass is 264 g/mol. The minimum absolute atomic E-state index is 0.0715. The highest BCUT2D eigenvalue weighted by Crippen LogP contribution is 2.00. The molecule has 17 heavy (non-hydrogen) atoms. The van der Waals surface area contributed by atoms with E-state index >= 15 is 0 Å². The van der Waals surface area contributed by atoms with E-state index in [-0.39, 0.29) is 5.78 Å². The fourth-order valence-electron chi connectivity index (χ4n) is 0.985. The largest absolute Gasteiger partial charge is 0.285 e. The Kier molecular flexibility index (Phi) is 6.53. The highest BCUT2D eigenvalue weighted by Gasteiger charge is 2.08. The van der Waals surface area contributed by atoms with E-state index in [1.165, 1.54) is 0 Å². The summed E-state index contributed by atoms with van der Waals surface area (Å²) in [6, 6.07) is 0. The summed E-state index contributed by atoms with van der Waals surface area (Å²) in [6.45, 7) is 13.1. The maximum Gasteiger partial charge on any atom is 0.204 e. The molecule has 94 valence electrons. The summed E-state index contributed by atoms with van der Waals surface area (Å²) in [5.74, 6) is 6.01. The van der Waals surface area contributed by atoms with Crippen LogP contribution in [0.1, 0.15) is 19.3 Å². The molecule has 0 fully saturated rings. The lowest BCUT2D eigenvalue weighted by Gasteiger charge is -2.03. The molecular formula is C14H24OSi2. The molecule has 0 heterocycles. The van der Waals surface area contributed by atoms with E-state index < -0.39 is 16.1 Å². The van der Waals surface area contributed by atoms with Crippen molar-refractivity contribution in [3.63, 3.8) is 0 Å². The van der Waals surface area contributed by atoms with Gasteiger partial charge in [0.25, 0.3) is 0 Å². The van der Waals surface area contributed by atoms with Crippen molar-refractivity contribution in [1.82, 2.24) is 0 Å². The Bertz CT molecular complexity index is 375. The van der Waals surface area contributed by atoms with Gasteiger partial charge in [-0.1, -0.05) is 39.3 Å². The zero-order valence-corrected chi connectivity index (χ0v) is 14.0. The fraction of sp³-hybridized carbons (Fsp3) is 0.643. The molecule has 0 aromatic rings. The maximum atomic E-state index is 11.5. The first kappa shape index (κ1) is 16.2. The van der Waals surface area contributed by atoms with E-state index in [1.807, 2.05) is 0 Å². The van der Waals surface area contributed by atoms with Crippen LogP contribution in [-0.2, 0) is 4.79 Å². The summed E-state index contributed by atoms with van der Waals surface area (Å²) < 4.78 is 0. The molecule has 0 radical (unpaired) electrons. The Morgan fingerprint density at radius 2 is 1.47 bits per heavy atom. The van der Waals surface area contributed by atoms with Crippen LogP contribution >= 0.6 is 0 Å². The van der Waals surface area contributed by atoms with Gasteiger partial charge in [-0.2, -0.15) is 0 Å². The molecule has 0 unspecified atom stereocenters. The van der Waals surface area contributed by atoms with Crippen molar-refractivity contribution in [1.29, 1.82) is 0 Å². The molecule has 0 N–H and O–H groups in total. The van der Waals surface area contributed by atoms with Crippen LogP contribution in [0.2, 0.25) is 39.3 Å². The first-order valence-corrected chi connectivity index (χ1v) is 13.2. The van der Waals surface area contributed by atoms with Gasteiger partial charge in [-0.15, -0.1) is 17.0 Å². The number of carbonyl (C=O) groups is 1. The Morgan fingerprint density at radius 3 is 1.94 bits per heavy atom. The lowest BCUT2D eigenvalue weighted by Crippen LogP contribution is -2.17. The van der Waals surface area contributed by atoms with Gasteiger partial charge in [0.15, 0.2) is 0 Å². The van der Waals surface area contributed by atoms with Gasteiger partial charge in [0, 0.05) is 12.8 Å². The van der Waals surface area contributed by atoms with Crippen LogP contribution in [-0.4, -0.2) is 21.9 Å². The Balaban J connectivity index is 3.94. The van der Waals surface area contributed by atoms with E-state index in [4.69, 9.17) is 0 Å². The normalized spacial score (nSPS) is 10.9. The highest BCUT2D eigenvalue weighted by molar-refractivity contribution is 6.84. The van der Waals surface area contributed by atoms with E-state index in [2.05, 4.69) is 62.2 Å². The number of unbranched alkanes of at least 4 members (excludes halogenated alkanes) is 1. The summed E-state index contributed by atoms with van der Waals surface area (Å²) in [4.78, 5) is 11.5. The molecule has 0 aliphatic rings. The van der Waals surface area contributed by atoms with Crippen molar-refractivity contribution in [2.45, 2.75) is 58.5 Å². The predicted molar refractivity (Wildman–Crippen MR) is 81.1 cm³/mol. The molecule has 3 heteroatoms. The third kappa shape index (κ3) is 13.2. The second kappa shape index (κ2) is 6.84. The van der Waals surface area contributed by atoms with Crippen molar-refractivity contribution in [2.24, 2.45) is 0 Å². The zero-order chi connectivity index (χ0) is 13.5. The molecular weight excluding hydrogens is 240 g/mol. The summed E-state index contributed by atoms with van der Waals surface area (Å²) in [5.41, 5.74) is 6.40. The first-order valence-electron chi connectivity index (χ1n) is 6.16. The van der Waals surface area contributed by atoms with Crippen molar-refractivity contribution < 1.29 is 4.79 Å². The molecule has 0 saturated carbocycles. The second-order valence-corrected chi connectivity index (χ2v) is 15.8. The molecule has 0 aliphatic carbocycles. The maximum absolute atomic E-state index is 11.5. The third-order valence-electron chi connectivity index (χ3n) is 1.75. The molecule has 0 rings (SSSR count). The molecule has 0 saturated heterocycles. The van der Waals surface area contributed by atoms with Crippen LogP contribution in [0.3, 0.4) is 0 Å². The summed E-state index contributed by atoms with van der Waals surface area (Å²) >= 11 is 0. The van der Waals surface area contributed by atoms with Gasteiger partial charge in [-0.05, 0) is 12.3 Å². The number of carbonyl (C=O) groups excluding carboxylic acids is 1. The van der Waals surface area contributed by atoms with Gasteiger partial charge in [-0.25, -0.2) is 0 Å². The van der Waals surface area contributed by atoms with E-state index in [9.17, 15) is 4.79 Å². The van der Waals surface area contributed by atoms with Crippen molar-refractivity contribution >= 4 is 21.9 Å². The van der Waals surface area contributed by atoms with Crippen molar-refractivity contribution in [3.8, 4) is 22.9 Å². The predicted octanol–water partition coefficient (Wildman–Crippen LogP) is 3.49. The van der Waals surface area contributed by atoms with Gasteiger partial charge >= 0.3 is 0 Å². The lowest BCUT2D eigenvalue weighted by atomic mass is 10.2. The number of ketones is 1. The first-order chi connectivity index (χ1) is 7.60. The van der Waals surface area contributed by atoms with Crippen LogP contribution in [0, 0.1) is 22.9 Å². The van der Waals surface area contributed by atoms with Crippen LogP contribution in [0.15, 0.2) is 0 Å². The topological polar surface area (TPSA) is 17.1 Å². The molecule has 0 atom stereocenters. The molecule has 0 spiro atoms. The number of hydrogen-bond acceptors (Lipinski definition) is 1. The van der Waals surface area contributed by atoms with Crippen molar-refractivity contribution in [2.75, 3.05) is 0 Å². The van der Waals surface area contributed by atoms with Crippen molar-refractivity contribution in [3.05, 3.63) is 0 Å². The summed E-state index contributed by atoms with van der Waals surface area (Å²) in [7, 11) is -2.65. The van der Waals surface area contributed by atoms with Crippen LogP contribution in [0.5, 0.6) is 0 Å². The van der Waals surface area contributed by atoms with Gasteiger partial charge in [0.2, 0.25) is 5.78 Å². The molecule has 1 nitrogen and oxygen atoms in total. The standard InChI is InChI=1S/C14H24OSi2/c1-16(2,3)12-9-7-8-10-14(15)11-13-17(4,5)6/h7-8,10H2,1-6H3. The van der Waals surface area contributed by atoms with Gasteiger partial charge in [-0.3, -0.25) is 4.79 Å². The van der Waals surface area contributed by atoms with E-state index in [0.29, 0.717) is 6.42 Å². The summed E-state index contributed by atoms with van der Waals surface area (Å²) in [5, 5.41) is 0. The average Bonchev–Trinajstić information content (AvgIpc) is 2.11. The fourth-order valence-corrected chi connectivity index (χ4v) is 2.15. The van der Waals surface area contributed by atoms with Crippen LogP contribution in [0.25, 0.3) is 0 Å². The minimum atomic E-state index is -1.40. The summed E-state index contributed by atoms with van der Waals surface area (Å²) in [6.07, 6.45) is 2.22. The molecule has 0 amide bonds. The SMILES string of the molecule is C[Si](C)(C)C#CCCCC(=O)C#C[Si](C)(C)C. The minimum Gasteiger partial charge on any atom is -0.285 e. The second-order valence-electron chi connectivity index (χ2n) is 6.33. The van der Waals surface area contributed by atoms with Crippen LogP contribution in [0.4, 0.5) is 0 Å². The number of rotatable bonds is 3. The number of Topliss-reactive ketones (excluding diaryl/α,β-unsaturated/α-hetero) is 1.